The molecule has 0 radical (unpaired) electrons. The van der Waals surface area contributed by atoms with Gasteiger partial charge in [0, 0.05) is 22.2 Å². The number of anilines is 1. The van der Waals surface area contributed by atoms with Gasteiger partial charge in [-0.2, -0.15) is 5.10 Å². The van der Waals surface area contributed by atoms with Crippen LogP contribution in [0.25, 0.3) is 22.0 Å². The summed E-state index contributed by atoms with van der Waals surface area (Å²) in [5.41, 5.74) is -0.928. The van der Waals surface area contributed by atoms with Crippen LogP contribution in [0, 0.1) is 31.3 Å². The number of benzene rings is 2. The minimum absolute atomic E-state index is 0.0575. The first-order valence-electron chi connectivity index (χ1n) is 11.1. The SMILES string of the molecule is Cc1ccc(S(=O)(=O)Cc2ccc(F)c(-c3ccc4c(C(=O)Nc5cnoc5)[nH]nc4c3F)c2F)c(C)n1. The highest BCUT2D eigenvalue weighted by Crippen LogP contribution is 2.35. The van der Waals surface area contributed by atoms with E-state index in [0.717, 1.165) is 18.2 Å². The number of nitrogens with zero attached hydrogens (tertiary/aromatic N) is 3. The molecule has 0 aliphatic carbocycles. The van der Waals surface area contributed by atoms with Gasteiger partial charge in [-0.25, -0.2) is 21.6 Å². The number of carbonyl (C=O) groups excluding carboxylic acids is 1. The molecule has 0 aliphatic heterocycles. The second-order valence-corrected chi connectivity index (χ2v) is 10.4. The number of H-pyrrole nitrogens is 1. The number of aryl methyl sites for hydroxylation is 2. The molecular weight excluding hydrogens is 523 g/mol. The van der Waals surface area contributed by atoms with Gasteiger partial charge in [0.2, 0.25) is 0 Å². The van der Waals surface area contributed by atoms with E-state index in [9.17, 15) is 17.6 Å². The monoisotopic (exact) mass is 541 g/mol. The number of nitrogens with one attached hydrogen (secondary N) is 2. The van der Waals surface area contributed by atoms with Crippen LogP contribution in [0.5, 0.6) is 0 Å². The van der Waals surface area contributed by atoms with Crippen LogP contribution < -0.4 is 5.32 Å². The number of aromatic nitrogens is 4. The molecule has 38 heavy (non-hydrogen) atoms. The normalized spacial score (nSPS) is 11.7. The van der Waals surface area contributed by atoms with E-state index in [1.807, 2.05) is 0 Å². The third-order valence-corrected chi connectivity index (χ3v) is 7.67. The summed E-state index contributed by atoms with van der Waals surface area (Å²) in [5, 5.41) is 12.2. The smallest absolute Gasteiger partial charge is 0.274 e. The van der Waals surface area contributed by atoms with Crippen LogP contribution in [0.3, 0.4) is 0 Å². The largest absolute Gasteiger partial charge is 0.363 e. The van der Waals surface area contributed by atoms with E-state index < -0.39 is 50.1 Å². The predicted octanol–water partition coefficient (Wildman–Crippen LogP) is 4.87. The number of halogens is 3. The van der Waals surface area contributed by atoms with Crippen molar-refractivity contribution in [3.8, 4) is 11.1 Å². The highest BCUT2D eigenvalue weighted by atomic mass is 32.2. The van der Waals surface area contributed by atoms with Gasteiger partial charge in [-0.1, -0.05) is 17.3 Å². The van der Waals surface area contributed by atoms with Crippen LogP contribution in [0.4, 0.5) is 18.9 Å². The highest BCUT2D eigenvalue weighted by molar-refractivity contribution is 7.90. The molecule has 0 saturated heterocycles. The average Bonchev–Trinajstić information content (AvgIpc) is 3.52. The summed E-state index contributed by atoms with van der Waals surface area (Å²) in [7, 11) is -4.06. The Morgan fingerprint density at radius 2 is 1.84 bits per heavy atom. The van der Waals surface area contributed by atoms with Crippen LogP contribution in [0.2, 0.25) is 0 Å². The molecule has 194 valence electrons. The first-order chi connectivity index (χ1) is 18.1. The number of hydrogen-bond donors (Lipinski definition) is 2. The molecule has 9 nitrogen and oxygen atoms in total. The molecule has 5 aromatic rings. The summed E-state index contributed by atoms with van der Waals surface area (Å²) in [6.45, 7) is 3.22. The highest BCUT2D eigenvalue weighted by Gasteiger charge is 2.26. The zero-order valence-electron chi connectivity index (χ0n) is 19.8. The molecule has 0 atom stereocenters. The van der Waals surface area contributed by atoms with E-state index in [-0.39, 0.29) is 38.4 Å². The third kappa shape index (κ3) is 4.41. The molecule has 0 saturated carbocycles. The van der Waals surface area contributed by atoms with Crippen molar-refractivity contribution in [2.45, 2.75) is 24.5 Å². The molecule has 1 amide bonds. The molecule has 2 aromatic carbocycles. The van der Waals surface area contributed by atoms with Gasteiger partial charge in [0.1, 0.15) is 34.8 Å². The molecule has 3 aromatic heterocycles. The minimum Gasteiger partial charge on any atom is -0.363 e. The van der Waals surface area contributed by atoms with E-state index >= 15 is 8.78 Å². The Labute approximate surface area is 213 Å². The van der Waals surface area contributed by atoms with Gasteiger partial charge in [0.15, 0.2) is 15.7 Å². The number of aromatic amines is 1. The number of amides is 1. The van der Waals surface area contributed by atoms with Crippen molar-refractivity contribution in [1.29, 1.82) is 0 Å². The van der Waals surface area contributed by atoms with Crippen LogP contribution in [-0.2, 0) is 15.6 Å². The third-order valence-electron chi connectivity index (χ3n) is 5.88. The van der Waals surface area contributed by atoms with Crippen molar-refractivity contribution in [2.24, 2.45) is 0 Å². The minimum atomic E-state index is -4.06. The number of pyridine rings is 1. The fourth-order valence-corrected chi connectivity index (χ4v) is 5.67. The summed E-state index contributed by atoms with van der Waals surface area (Å²) >= 11 is 0. The second kappa shape index (κ2) is 9.41. The van der Waals surface area contributed by atoms with E-state index in [1.54, 1.807) is 6.92 Å². The Balaban J connectivity index is 1.54. The maximum atomic E-state index is 15.6. The van der Waals surface area contributed by atoms with Gasteiger partial charge in [0.05, 0.1) is 28.1 Å². The maximum Gasteiger partial charge on any atom is 0.274 e. The molecule has 0 aliphatic rings. The van der Waals surface area contributed by atoms with Crippen LogP contribution in [0.15, 0.2) is 58.3 Å². The summed E-state index contributed by atoms with van der Waals surface area (Å²) in [6.07, 6.45) is 2.44. The Kier molecular flexibility index (Phi) is 6.23. The molecule has 2 N–H and O–H groups in total. The van der Waals surface area contributed by atoms with Crippen molar-refractivity contribution < 1.29 is 30.9 Å². The van der Waals surface area contributed by atoms with Crippen LogP contribution in [-0.4, -0.2) is 34.7 Å². The van der Waals surface area contributed by atoms with Gasteiger partial charge >= 0.3 is 0 Å². The zero-order valence-corrected chi connectivity index (χ0v) is 20.7. The van der Waals surface area contributed by atoms with E-state index in [4.69, 9.17) is 0 Å². The van der Waals surface area contributed by atoms with Gasteiger partial charge in [-0.05, 0) is 38.1 Å². The number of sulfone groups is 1. The predicted molar refractivity (Wildman–Crippen MR) is 130 cm³/mol. The number of carbonyl (C=O) groups is 1. The second-order valence-electron chi connectivity index (χ2n) is 8.48. The first kappa shape index (κ1) is 25.1. The molecular formula is C25H18F3N5O4S. The van der Waals surface area contributed by atoms with Gasteiger partial charge in [-0.15, -0.1) is 0 Å². The number of hydrogen-bond acceptors (Lipinski definition) is 7. The number of fused-ring (bicyclic) bond motifs is 1. The molecule has 0 bridgehead atoms. The Bertz CT molecular complexity index is 1820. The summed E-state index contributed by atoms with van der Waals surface area (Å²) < 4.78 is 76.5. The zero-order chi connectivity index (χ0) is 27.2. The molecule has 0 spiro atoms. The summed E-state index contributed by atoms with van der Waals surface area (Å²) in [4.78, 5) is 16.6. The molecule has 13 heteroatoms. The lowest BCUT2D eigenvalue weighted by molar-refractivity contribution is 0.102. The van der Waals surface area contributed by atoms with Gasteiger partial charge < -0.3 is 9.84 Å². The van der Waals surface area contributed by atoms with Crippen LogP contribution in [0.1, 0.15) is 27.4 Å². The Morgan fingerprint density at radius 1 is 1.05 bits per heavy atom. The van der Waals surface area contributed by atoms with Crippen molar-refractivity contribution >= 4 is 32.3 Å². The Morgan fingerprint density at radius 3 is 2.55 bits per heavy atom. The Hall–Kier alpha value is -4.52. The fourth-order valence-electron chi connectivity index (χ4n) is 4.11. The van der Waals surface area contributed by atoms with Crippen molar-refractivity contribution in [1.82, 2.24) is 20.3 Å². The lowest BCUT2D eigenvalue weighted by Gasteiger charge is -2.13. The molecule has 0 fully saturated rings. The maximum absolute atomic E-state index is 15.6. The van der Waals surface area contributed by atoms with Crippen molar-refractivity contribution in [2.75, 3.05) is 5.32 Å². The average molecular weight is 542 g/mol. The lowest BCUT2D eigenvalue weighted by atomic mass is 9.99. The standard InChI is InChI=1S/C25H18F3N5O4S/c1-12-3-8-19(13(2)30-12)38(35,36)11-14-4-7-18(26)20(21(14)27)16-5-6-17-23(22(16)28)32-33-24(17)25(34)31-15-9-29-37-10-15/h3-10H,11H2,1-2H3,(H,31,34)(H,32,33). The van der Waals surface area contributed by atoms with Crippen LogP contribution >= 0.6 is 0 Å². The lowest BCUT2D eigenvalue weighted by Crippen LogP contribution is -2.12. The topological polar surface area (TPSA) is 131 Å². The van der Waals surface area contributed by atoms with Crippen molar-refractivity contribution in [3.63, 3.8) is 0 Å². The molecule has 5 rings (SSSR count). The molecule has 3 heterocycles. The summed E-state index contributed by atoms with van der Waals surface area (Å²) in [6, 6.07) is 7.13. The summed E-state index contributed by atoms with van der Waals surface area (Å²) in [5.74, 6) is -4.90. The fraction of sp³-hybridized carbons (Fsp3) is 0.120. The van der Waals surface area contributed by atoms with Gasteiger partial charge in [0.25, 0.3) is 5.91 Å². The van der Waals surface area contributed by atoms with E-state index in [1.165, 1.54) is 37.6 Å². The van der Waals surface area contributed by atoms with E-state index in [0.29, 0.717) is 5.69 Å². The molecule has 0 unspecified atom stereocenters. The quantitative estimate of drug-likeness (QED) is 0.313. The van der Waals surface area contributed by atoms with Gasteiger partial charge in [-0.3, -0.25) is 14.9 Å². The first-order valence-corrected chi connectivity index (χ1v) is 12.7. The van der Waals surface area contributed by atoms with Crippen molar-refractivity contribution in [3.05, 3.63) is 89.0 Å². The van der Waals surface area contributed by atoms with E-state index in [2.05, 4.69) is 30.2 Å². The number of rotatable bonds is 6.